The highest BCUT2D eigenvalue weighted by Crippen LogP contribution is 2.33. The summed E-state index contributed by atoms with van der Waals surface area (Å²) in [6, 6.07) is 25.0. The van der Waals surface area contributed by atoms with Crippen LogP contribution in [-0.4, -0.2) is 45.6 Å². The largest absolute Gasteiger partial charge is 0.497 e. The van der Waals surface area contributed by atoms with Gasteiger partial charge in [-0.15, -0.1) is 16.8 Å². The summed E-state index contributed by atoms with van der Waals surface area (Å²) in [7, 11) is 3.25. The van der Waals surface area contributed by atoms with Gasteiger partial charge in [0, 0.05) is 28.7 Å². The number of anilines is 1. The number of hydrogen-bond acceptors (Lipinski definition) is 7. The van der Waals surface area contributed by atoms with Crippen molar-refractivity contribution in [2.45, 2.75) is 11.7 Å². The molecule has 39 heavy (non-hydrogen) atoms. The Morgan fingerprint density at radius 3 is 2.36 bits per heavy atom. The molecule has 0 aliphatic rings. The van der Waals surface area contributed by atoms with Gasteiger partial charge in [-0.05, 0) is 60.7 Å². The summed E-state index contributed by atoms with van der Waals surface area (Å²) in [5, 5.41) is 13.5. The van der Waals surface area contributed by atoms with Gasteiger partial charge >= 0.3 is 0 Å². The van der Waals surface area contributed by atoms with E-state index >= 15 is 0 Å². The van der Waals surface area contributed by atoms with Crippen LogP contribution in [0.5, 0.6) is 11.5 Å². The first-order valence-corrected chi connectivity index (χ1v) is 13.2. The van der Waals surface area contributed by atoms with Gasteiger partial charge in [-0.25, -0.2) is 4.98 Å². The smallest absolute Gasteiger partial charge is 0.234 e. The number of nitrogens with zero attached hydrogens (tertiary/aromatic N) is 4. The van der Waals surface area contributed by atoms with Crippen LogP contribution in [0.2, 0.25) is 0 Å². The molecular formula is C30H27N5O3S. The third-order valence-corrected chi connectivity index (χ3v) is 7.04. The first kappa shape index (κ1) is 26.0. The minimum atomic E-state index is -0.143. The SMILES string of the molecule is C=CCn1c(SCC(=O)Nc2ccc(OC)cc2)nnc1-c1cc(-c2ccc(OC)cc2)nc2ccccc12. The van der Waals surface area contributed by atoms with Crippen LogP contribution in [0.3, 0.4) is 0 Å². The van der Waals surface area contributed by atoms with Crippen molar-refractivity contribution in [3.8, 4) is 34.1 Å². The molecule has 9 heteroatoms. The molecule has 1 amide bonds. The number of para-hydroxylation sites is 1. The first-order chi connectivity index (χ1) is 19.1. The van der Waals surface area contributed by atoms with Gasteiger partial charge in [0.2, 0.25) is 5.91 Å². The Morgan fingerprint density at radius 1 is 0.974 bits per heavy atom. The highest BCUT2D eigenvalue weighted by Gasteiger charge is 2.19. The number of nitrogens with one attached hydrogen (secondary N) is 1. The van der Waals surface area contributed by atoms with E-state index in [4.69, 9.17) is 14.5 Å². The van der Waals surface area contributed by atoms with Gasteiger partial charge in [-0.3, -0.25) is 9.36 Å². The number of amides is 1. The number of thioether (sulfide) groups is 1. The average molecular weight is 538 g/mol. The molecule has 0 bridgehead atoms. The number of methoxy groups -OCH3 is 2. The summed E-state index contributed by atoms with van der Waals surface area (Å²) in [6.07, 6.45) is 1.79. The van der Waals surface area contributed by atoms with Gasteiger partial charge in [0.25, 0.3) is 0 Å². The number of hydrogen-bond donors (Lipinski definition) is 1. The van der Waals surface area contributed by atoms with E-state index in [-0.39, 0.29) is 11.7 Å². The Balaban J connectivity index is 1.45. The zero-order valence-electron chi connectivity index (χ0n) is 21.6. The van der Waals surface area contributed by atoms with E-state index in [2.05, 4.69) is 22.1 Å². The standard InChI is InChI=1S/C30H27N5O3S/c1-4-17-35-29(33-34-30(35)39-19-28(36)31-21-11-15-23(38-3)16-12-21)25-18-27(20-9-13-22(37-2)14-10-20)32-26-8-6-5-7-24(25)26/h4-16,18H,1,17,19H2,2-3H3,(H,31,36). The summed E-state index contributed by atoms with van der Waals surface area (Å²) in [4.78, 5) is 17.5. The zero-order valence-corrected chi connectivity index (χ0v) is 22.4. The molecule has 0 saturated heterocycles. The van der Waals surface area contributed by atoms with Crippen LogP contribution < -0.4 is 14.8 Å². The first-order valence-electron chi connectivity index (χ1n) is 12.2. The van der Waals surface area contributed by atoms with E-state index in [0.29, 0.717) is 23.2 Å². The summed E-state index contributed by atoms with van der Waals surface area (Å²) >= 11 is 1.32. The highest BCUT2D eigenvalue weighted by molar-refractivity contribution is 7.99. The second-order valence-electron chi connectivity index (χ2n) is 8.57. The van der Waals surface area contributed by atoms with Crippen LogP contribution >= 0.6 is 11.8 Å². The fourth-order valence-electron chi connectivity index (χ4n) is 4.16. The topological polar surface area (TPSA) is 91.2 Å². The number of pyridine rings is 1. The lowest BCUT2D eigenvalue weighted by atomic mass is 10.0. The number of ether oxygens (including phenoxy) is 2. The van der Waals surface area contributed by atoms with Crippen LogP contribution in [0.25, 0.3) is 33.5 Å². The average Bonchev–Trinajstić information content (AvgIpc) is 3.38. The minimum absolute atomic E-state index is 0.143. The Hall–Kier alpha value is -4.63. The minimum Gasteiger partial charge on any atom is -0.497 e. The molecule has 0 unspecified atom stereocenters. The molecule has 0 saturated carbocycles. The van der Waals surface area contributed by atoms with E-state index in [9.17, 15) is 4.79 Å². The van der Waals surface area contributed by atoms with Crippen molar-refractivity contribution in [1.82, 2.24) is 19.7 Å². The number of benzene rings is 3. The molecule has 1 N–H and O–H groups in total. The van der Waals surface area contributed by atoms with E-state index in [1.54, 1.807) is 44.6 Å². The van der Waals surface area contributed by atoms with Gasteiger partial charge in [0.15, 0.2) is 11.0 Å². The predicted molar refractivity (Wildman–Crippen MR) is 155 cm³/mol. The van der Waals surface area contributed by atoms with Crippen molar-refractivity contribution < 1.29 is 14.3 Å². The molecule has 0 spiro atoms. The molecule has 3 aromatic carbocycles. The van der Waals surface area contributed by atoms with Crippen LogP contribution in [-0.2, 0) is 11.3 Å². The maximum atomic E-state index is 12.7. The van der Waals surface area contributed by atoms with Gasteiger partial charge < -0.3 is 14.8 Å². The second kappa shape index (κ2) is 11.8. The van der Waals surface area contributed by atoms with Crippen molar-refractivity contribution in [2.24, 2.45) is 0 Å². The normalized spacial score (nSPS) is 10.8. The quantitative estimate of drug-likeness (QED) is 0.170. The van der Waals surface area contributed by atoms with E-state index < -0.39 is 0 Å². The molecule has 0 radical (unpaired) electrons. The lowest BCUT2D eigenvalue weighted by Crippen LogP contribution is -2.14. The number of aromatic nitrogens is 4. The fourth-order valence-corrected chi connectivity index (χ4v) is 4.91. The highest BCUT2D eigenvalue weighted by atomic mass is 32.2. The van der Waals surface area contributed by atoms with Crippen molar-refractivity contribution in [3.63, 3.8) is 0 Å². The van der Waals surface area contributed by atoms with Crippen LogP contribution in [0, 0.1) is 0 Å². The van der Waals surface area contributed by atoms with Crippen molar-refractivity contribution in [3.05, 3.63) is 91.5 Å². The fraction of sp³-hybridized carbons (Fsp3) is 0.133. The maximum absolute atomic E-state index is 12.7. The van der Waals surface area contributed by atoms with E-state index in [1.165, 1.54) is 11.8 Å². The zero-order chi connectivity index (χ0) is 27.2. The van der Waals surface area contributed by atoms with Crippen molar-refractivity contribution >= 4 is 34.3 Å². The van der Waals surface area contributed by atoms with Crippen molar-refractivity contribution in [1.29, 1.82) is 0 Å². The molecule has 196 valence electrons. The Bertz CT molecular complexity index is 1610. The monoisotopic (exact) mass is 537 g/mol. The second-order valence-corrected chi connectivity index (χ2v) is 9.51. The van der Waals surface area contributed by atoms with Gasteiger partial charge in [0.1, 0.15) is 11.5 Å². The van der Waals surface area contributed by atoms with Crippen LogP contribution in [0.4, 0.5) is 5.69 Å². The molecule has 2 heterocycles. The molecule has 0 aliphatic heterocycles. The third kappa shape index (κ3) is 5.78. The van der Waals surface area contributed by atoms with Crippen LogP contribution in [0.15, 0.2) is 96.7 Å². The number of carbonyl (C=O) groups excluding carboxylic acids is 1. The van der Waals surface area contributed by atoms with Crippen molar-refractivity contribution in [2.75, 3.05) is 25.3 Å². The predicted octanol–water partition coefficient (Wildman–Crippen LogP) is 6.09. The van der Waals surface area contributed by atoms with Gasteiger partial charge in [-0.2, -0.15) is 0 Å². The number of fused-ring (bicyclic) bond motifs is 1. The Morgan fingerprint density at radius 2 is 1.67 bits per heavy atom. The maximum Gasteiger partial charge on any atom is 0.234 e. The molecule has 5 aromatic rings. The Labute approximate surface area is 230 Å². The number of carbonyl (C=O) groups is 1. The summed E-state index contributed by atoms with van der Waals surface area (Å²) in [6.45, 7) is 4.41. The molecule has 2 aromatic heterocycles. The lowest BCUT2D eigenvalue weighted by Gasteiger charge is -2.12. The van der Waals surface area contributed by atoms with Crippen LogP contribution in [0.1, 0.15) is 0 Å². The molecule has 8 nitrogen and oxygen atoms in total. The summed E-state index contributed by atoms with van der Waals surface area (Å²) < 4.78 is 12.5. The molecule has 0 aliphatic carbocycles. The summed E-state index contributed by atoms with van der Waals surface area (Å²) in [5.74, 6) is 2.22. The molecule has 0 fully saturated rings. The summed E-state index contributed by atoms with van der Waals surface area (Å²) in [5.41, 5.74) is 4.22. The molecule has 0 atom stereocenters. The molecular weight excluding hydrogens is 510 g/mol. The lowest BCUT2D eigenvalue weighted by molar-refractivity contribution is -0.113. The number of rotatable bonds is 10. The van der Waals surface area contributed by atoms with Gasteiger partial charge in [-0.1, -0.05) is 36.0 Å². The van der Waals surface area contributed by atoms with E-state index in [0.717, 1.165) is 39.2 Å². The number of allylic oxidation sites excluding steroid dienone is 1. The van der Waals surface area contributed by atoms with Gasteiger partial charge in [0.05, 0.1) is 31.2 Å². The Kier molecular flexibility index (Phi) is 7.88. The molecule has 5 rings (SSSR count). The third-order valence-electron chi connectivity index (χ3n) is 6.08. The van der Waals surface area contributed by atoms with E-state index in [1.807, 2.05) is 59.2 Å².